The van der Waals surface area contributed by atoms with Gasteiger partial charge in [0.05, 0.1) is 19.4 Å². The highest BCUT2D eigenvalue weighted by molar-refractivity contribution is 7.89. The topological polar surface area (TPSA) is 120 Å². The van der Waals surface area contributed by atoms with Crippen LogP contribution in [0.15, 0.2) is 35.5 Å². The number of nitrogens with two attached hydrogens (primary N) is 1. The van der Waals surface area contributed by atoms with E-state index in [1.54, 1.807) is 38.4 Å². The van der Waals surface area contributed by atoms with Gasteiger partial charge in [0.2, 0.25) is 10.0 Å². The zero-order valence-electron chi connectivity index (χ0n) is 13.1. The first-order chi connectivity index (χ1) is 11.3. The minimum absolute atomic E-state index is 0.0915. The number of hydrogen-bond donors (Lipinski definition) is 2. The first-order valence-corrected chi connectivity index (χ1v) is 8.55. The molecule has 9 heteroatoms. The second-order valence-corrected chi connectivity index (χ2v) is 6.75. The molecule has 2 aromatic heterocycles. The van der Waals surface area contributed by atoms with E-state index in [1.165, 1.54) is 10.7 Å². The van der Waals surface area contributed by atoms with E-state index in [0.29, 0.717) is 16.9 Å². The van der Waals surface area contributed by atoms with Crippen molar-refractivity contribution in [3.63, 3.8) is 0 Å². The first-order valence-electron chi connectivity index (χ1n) is 7.01. The fourth-order valence-electron chi connectivity index (χ4n) is 2.61. The Labute approximate surface area is 138 Å². The van der Waals surface area contributed by atoms with E-state index in [2.05, 4.69) is 10.1 Å². The number of aliphatic hydroxyl groups is 1. The van der Waals surface area contributed by atoms with E-state index in [9.17, 15) is 13.5 Å². The quantitative estimate of drug-likeness (QED) is 0.721. The standard InChI is InChI=1S/C15H16N4O4S/c1-9-14(24(16,21)22)15-17-6-11(7-19(15)18-9)13-4-3-12(23-2)5-10(13)8-20/h3-7,20H,8H2,1-2H3,(H2,16,21,22). The molecule has 0 radical (unpaired) electrons. The summed E-state index contributed by atoms with van der Waals surface area (Å²) in [6.45, 7) is 1.38. The van der Waals surface area contributed by atoms with Gasteiger partial charge in [-0.15, -0.1) is 0 Å². The molecule has 0 saturated heterocycles. The smallest absolute Gasteiger partial charge is 0.243 e. The molecule has 24 heavy (non-hydrogen) atoms. The molecule has 1 aromatic carbocycles. The van der Waals surface area contributed by atoms with Gasteiger partial charge < -0.3 is 9.84 Å². The number of aliphatic hydroxyl groups excluding tert-OH is 1. The molecule has 8 nitrogen and oxygen atoms in total. The Bertz CT molecular complexity index is 1030. The summed E-state index contributed by atoms with van der Waals surface area (Å²) >= 11 is 0. The zero-order chi connectivity index (χ0) is 17.5. The Morgan fingerprint density at radius 1 is 1.38 bits per heavy atom. The molecular formula is C15H16N4O4S. The second-order valence-electron chi connectivity index (χ2n) is 5.25. The van der Waals surface area contributed by atoms with E-state index < -0.39 is 10.0 Å². The van der Waals surface area contributed by atoms with E-state index in [1.807, 2.05) is 0 Å². The van der Waals surface area contributed by atoms with Crippen LogP contribution in [-0.2, 0) is 16.6 Å². The van der Waals surface area contributed by atoms with Crippen LogP contribution in [0.4, 0.5) is 0 Å². The number of aryl methyl sites for hydroxylation is 1. The van der Waals surface area contributed by atoms with Crippen LogP contribution in [0.5, 0.6) is 5.75 Å². The van der Waals surface area contributed by atoms with Crippen LogP contribution in [0.2, 0.25) is 0 Å². The fraction of sp³-hybridized carbons (Fsp3) is 0.200. The summed E-state index contributed by atoms with van der Waals surface area (Å²) in [5, 5.41) is 19.0. The molecule has 0 fully saturated rings. The van der Waals surface area contributed by atoms with Gasteiger partial charge in [0.25, 0.3) is 0 Å². The second kappa shape index (κ2) is 5.86. The summed E-state index contributed by atoms with van der Waals surface area (Å²) in [5.74, 6) is 0.628. The van der Waals surface area contributed by atoms with Crippen LogP contribution in [0.25, 0.3) is 16.8 Å². The van der Waals surface area contributed by atoms with Crippen LogP contribution in [0.1, 0.15) is 11.3 Å². The molecule has 0 aliphatic carbocycles. The summed E-state index contributed by atoms with van der Waals surface area (Å²) in [6.07, 6.45) is 3.16. The van der Waals surface area contributed by atoms with Gasteiger partial charge in [-0.1, -0.05) is 6.07 Å². The van der Waals surface area contributed by atoms with Crippen molar-refractivity contribution in [3.05, 3.63) is 41.9 Å². The van der Waals surface area contributed by atoms with Gasteiger partial charge in [0.15, 0.2) is 5.65 Å². The fourth-order valence-corrected chi connectivity index (χ4v) is 3.46. The van der Waals surface area contributed by atoms with Gasteiger partial charge in [0.1, 0.15) is 10.6 Å². The van der Waals surface area contributed by atoms with Gasteiger partial charge in [0, 0.05) is 18.0 Å². The number of sulfonamides is 1. The molecule has 3 rings (SSSR count). The predicted molar refractivity (Wildman–Crippen MR) is 87.0 cm³/mol. The number of rotatable bonds is 4. The minimum Gasteiger partial charge on any atom is -0.497 e. The van der Waals surface area contributed by atoms with Crippen molar-refractivity contribution in [3.8, 4) is 16.9 Å². The number of aromatic nitrogens is 3. The molecular weight excluding hydrogens is 332 g/mol. The number of nitrogens with zero attached hydrogens (tertiary/aromatic N) is 3. The average Bonchev–Trinajstić information content (AvgIpc) is 2.88. The Morgan fingerprint density at radius 2 is 2.12 bits per heavy atom. The molecule has 0 spiro atoms. The average molecular weight is 348 g/mol. The lowest BCUT2D eigenvalue weighted by Gasteiger charge is -2.10. The van der Waals surface area contributed by atoms with Crippen molar-refractivity contribution >= 4 is 15.7 Å². The molecule has 2 heterocycles. The molecule has 0 bridgehead atoms. The third-order valence-electron chi connectivity index (χ3n) is 3.67. The third-order valence-corrected chi connectivity index (χ3v) is 4.72. The van der Waals surface area contributed by atoms with E-state index in [-0.39, 0.29) is 22.8 Å². The predicted octanol–water partition coefficient (Wildman–Crippen LogP) is 0.853. The highest BCUT2D eigenvalue weighted by Gasteiger charge is 2.21. The van der Waals surface area contributed by atoms with Crippen LogP contribution >= 0.6 is 0 Å². The normalized spacial score (nSPS) is 11.8. The number of primary sulfonamides is 1. The number of methoxy groups -OCH3 is 1. The monoisotopic (exact) mass is 348 g/mol. The van der Waals surface area contributed by atoms with Crippen molar-refractivity contribution in [2.24, 2.45) is 5.14 Å². The summed E-state index contributed by atoms with van der Waals surface area (Å²) in [7, 11) is -2.37. The van der Waals surface area contributed by atoms with Gasteiger partial charge >= 0.3 is 0 Å². The zero-order valence-corrected chi connectivity index (χ0v) is 13.9. The lowest BCUT2D eigenvalue weighted by molar-refractivity contribution is 0.281. The minimum atomic E-state index is -3.92. The van der Waals surface area contributed by atoms with Crippen LogP contribution in [0.3, 0.4) is 0 Å². The maximum atomic E-state index is 11.7. The molecule has 0 saturated carbocycles. The van der Waals surface area contributed by atoms with Crippen LogP contribution < -0.4 is 9.88 Å². The van der Waals surface area contributed by atoms with E-state index in [0.717, 1.165) is 5.56 Å². The maximum Gasteiger partial charge on any atom is 0.243 e. The molecule has 0 amide bonds. The van der Waals surface area contributed by atoms with Crippen LogP contribution in [0, 0.1) is 6.92 Å². The van der Waals surface area contributed by atoms with Crippen molar-refractivity contribution in [1.29, 1.82) is 0 Å². The van der Waals surface area contributed by atoms with Crippen molar-refractivity contribution in [1.82, 2.24) is 14.6 Å². The van der Waals surface area contributed by atoms with Gasteiger partial charge in [-0.3, -0.25) is 0 Å². The molecule has 3 N–H and O–H groups in total. The van der Waals surface area contributed by atoms with Gasteiger partial charge in [-0.05, 0) is 30.2 Å². The Kier molecular flexibility index (Phi) is 3.99. The van der Waals surface area contributed by atoms with Crippen molar-refractivity contribution in [2.75, 3.05) is 7.11 Å². The summed E-state index contributed by atoms with van der Waals surface area (Å²) in [5.41, 5.74) is 2.53. The van der Waals surface area contributed by atoms with Crippen molar-refractivity contribution < 1.29 is 18.3 Å². The highest BCUT2D eigenvalue weighted by Crippen LogP contribution is 2.28. The molecule has 0 atom stereocenters. The lowest BCUT2D eigenvalue weighted by Crippen LogP contribution is -2.13. The van der Waals surface area contributed by atoms with Crippen LogP contribution in [-0.4, -0.2) is 35.2 Å². The molecule has 0 aliphatic rings. The summed E-state index contributed by atoms with van der Waals surface area (Å²) < 4.78 is 29.9. The Morgan fingerprint density at radius 3 is 2.75 bits per heavy atom. The van der Waals surface area contributed by atoms with E-state index >= 15 is 0 Å². The number of fused-ring (bicyclic) bond motifs is 1. The Hall–Kier alpha value is -2.49. The first kappa shape index (κ1) is 16.4. The Balaban J connectivity index is 2.20. The lowest BCUT2D eigenvalue weighted by atomic mass is 10.0. The third kappa shape index (κ3) is 2.73. The molecule has 0 aliphatic heterocycles. The maximum absolute atomic E-state index is 11.7. The molecule has 3 aromatic rings. The van der Waals surface area contributed by atoms with Gasteiger partial charge in [-0.2, -0.15) is 5.10 Å². The number of benzene rings is 1. The summed E-state index contributed by atoms with van der Waals surface area (Å²) in [6, 6.07) is 5.29. The largest absolute Gasteiger partial charge is 0.497 e. The number of hydrogen-bond acceptors (Lipinski definition) is 6. The van der Waals surface area contributed by atoms with E-state index in [4.69, 9.17) is 9.88 Å². The number of ether oxygens (including phenoxy) is 1. The SMILES string of the molecule is COc1ccc(-c2cnc3c(S(N)(=O)=O)c(C)nn3c2)c(CO)c1. The van der Waals surface area contributed by atoms with Crippen molar-refractivity contribution in [2.45, 2.75) is 18.4 Å². The summed E-state index contributed by atoms with van der Waals surface area (Å²) in [4.78, 5) is 4.10. The molecule has 0 unspecified atom stereocenters. The highest BCUT2D eigenvalue weighted by atomic mass is 32.2. The van der Waals surface area contributed by atoms with Gasteiger partial charge in [-0.25, -0.2) is 23.1 Å². The molecule has 126 valence electrons.